The highest BCUT2D eigenvalue weighted by Gasteiger charge is 2.07. The van der Waals surface area contributed by atoms with Gasteiger partial charge < -0.3 is 14.1 Å². The zero-order valence-corrected chi connectivity index (χ0v) is 14.7. The highest BCUT2D eigenvalue weighted by Crippen LogP contribution is 2.24. The van der Waals surface area contributed by atoms with Gasteiger partial charge in [-0.05, 0) is 49.5 Å². The Bertz CT molecular complexity index is 880. The first-order chi connectivity index (χ1) is 12.2. The lowest BCUT2D eigenvalue weighted by Gasteiger charge is -2.18. The van der Waals surface area contributed by atoms with E-state index in [1.165, 1.54) is 0 Å². The van der Waals surface area contributed by atoms with Crippen molar-refractivity contribution in [3.05, 3.63) is 64.8 Å². The summed E-state index contributed by atoms with van der Waals surface area (Å²) in [4.78, 5) is 14.5. The Kier molecular flexibility index (Phi) is 5.51. The lowest BCUT2D eigenvalue weighted by molar-refractivity contribution is 0.223. The molecule has 2 aromatic carbocycles. The van der Waals surface area contributed by atoms with E-state index in [1.807, 2.05) is 42.5 Å². The monoisotopic (exact) mass is 337 g/mol. The van der Waals surface area contributed by atoms with Gasteiger partial charge in [-0.3, -0.25) is 4.79 Å². The van der Waals surface area contributed by atoms with Gasteiger partial charge in [-0.2, -0.15) is 0 Å². The summed E-state index contributed by atoms with van der Waals surface area (Å²) in [5.41, 5.74) is 1.43. The van der Waals surface area contributed by atoms with Gasteiger partial charge in [0.2, 0.25) is 0 Å². The van der Waals surface area contributed by atoms with Gasteiger partial charge in [0.15, 0.2) is 5.43 Å². The maximum absolute atomic E-state index is 12.2. The number of fused-ring (bicyclic) bond motifs is 1. The summed E-state index contributed by atoms with van der Waals surface area (Å²) in [5.74, 6) is 1.39. The number of hydrogen-bond acceptors (Lipinski definition) is 4. The van der Waals surface area contributed by atoms with E-state index in [-0.39, 0.29) is 5.43 Å². The molecule has 0 bridgehead atoms. The topological polar surface area (TPSA) is 42.7 Å². The summed E-state index contributed by atoms with van der Waals surface area (Å²) in [5, 5.41) is 0.600. The van der Waals surface area contributed by atoms with E-state index in [0.717, 1.165) is 30.9 Å². The van der Waals surface area contributed by atoms with Crippen LogP contribution in [0.15, 0.2) is 63.8 Å². The second-order valence-corrected chi connectivity index (χ2v) is 5.87. The summed E-state index contributed by atoms with van der Waals surface area (Å²) in [7, 11) is 0. The first kappa shape index (κ1) is 17.2. The predicted molar refractivity (Wildman–Crippen MR) is 101 cm³/mol. The molecule has 1 aromatic heterocycles. The Balaban J connectivity index is 1.73. The summed E-state index contributed by atoms with van der Waals surface area (Å²) >= 11 is 0. The molecule has 130 valence electrons. The van der Waals surface area contributed by atoms with Gasteiger partial charge in [-0.15, -0.1) is 0 Å². The number of para-hydroxylation sites is 1. The fourth-order valence-corrected chi connectivity index (χ4v) is 2.79. The highest BCUT2D eigenvalue weighted by atomic mass is 16.5. The SMILES string of the molecule is CCN(CC)CCOc1ccc(-c2cc(=O)c3ccccc3o2)cc1. The fraction of sp³-hybridized carbons (Fsp3) is 0.286. The third-order valence-corrected chi connectivity index (χ3v) is 4.34. The van der Waals surface area contributed by atoms with Gasteiger partial charge in [-0.1, -0.05) is 26.0 Å². The third kappa shape index (κ3) is 4.09. The lowest BCUT2D eigenvalue weighted by atomic mass is 10.1. The van der Waals surface area contributed by atoms with Crippen LogP contribution in [0.1, 0.15) is 13.8 Å². The van der Waals surface area contributed by atoms with Crippen molar-refractivity contribution in [1.82, 2.24) is 4.90 Å². The summed E-state index contributed by atoms with van der Waals surface area (Å²) < 4.78 is 11.7. The van der Waals surface area contributed by atoms with E-state index < -0.39 is 0 Å². The van der Waals surface area contributed by atoms with Gasteiger partial charge >= 0.3 is 0 Å². The molecule has 0 amide bonds. The van der Waals surface area contributed by atoms with Crippen LogP contribution < -0.4 is 10.2 Å². The van der Waals surface area contributed by atoms with Crippen molar-refractivity contribution >= 4 is 11.0 Å². The van der Waals surface area contributed by atoms with Gasteiger partial charge in [-0.25, -0.2) is 0 Å². The van der Waals surface area contributed by atoms with Crippen molar-refractivity contribution in [3.63, 3.8) is 0 Å². The van der Waals surface area contributed by atoms with Gasteiger partial charge in [0, 0.05) is 18.2 Å². The summed E-state index contributed by atoms with van der Waals surface area (Å²) in [6.45, 7) is 7.92. The zero-order chi connectivity index (χ0) is 17.6. The standard InChI is InChI=1S/C21H23NO3/c1-3-22(4-2)13-14-24-17-11-9-16(10-12-17)21-15-19(23)18-7-5-6-8-20(18)25-21/h5-12,15H,3-4,13-14H2,1-2H3. The van der Waals surface area contributed by atoms with Gasteiger partial charge in [0.05, 0.1) is 5.39 Å². The van der Waals surface area contributed by atoms with Crippen molar-refractivity contribution in [2.45, 2.75) is 13.8 Å². The number of benzene rings is 2. The Morgan fingerprint density at radius 1 is 1.00 bits per heavy atom. The average Bonchev–Trinajstić information content (AvgIpc) is 2.66. The Labute approximate surface area is 147 Å². The van der Waals surface area contributed by atoms with Crippen molar-refractivity contribution in [2.75, 3.05) is 26.2 Å². The molecular formula is C21H23NO3. The van der Waals surface area contributed by atoms with E-state index in [1.54, 1.807) is 12.1 Å². The van der Waals surface area contributed by atoms with Crippen molar-refractivity contribution in [1.29, 1.82) is 0 Å². The van der Waals surface area contributed by atoms with Gasteiger partial charge in [0.1, 0.15) is 23.7 Å². The molecule has 0 aliphatic rings. The molecule has 0 spiro atoms. The second-order valence-electron chi connectivity index (χ2n) is 5.87. The minimum absolute atomic E-state index is 0.0311. The van der Waals surface area contributed by atoms with E-state index in [2.05, 4.69) is 18.7 Å². The number of rotatable bonds is 7. The minimum Gasteiger partial charge on any atom is -0.492 e. The second kappa shape index (κ2) is 7.99. The van der Waals surface area contributed by atoms with Crippen LogP contribution in [0.2, 0.25) is 0 Å². The van der Waals surface area contributed by atoms with Crippen LogP contribution in [0.4, 0.5) is 0 Å². The summed E-state index contributed by atoms with van der Waals surface area (Å²) in [6.07, 6.45) is 0. The third-order valence-electron chi connectivity index (χ3n) is 4.34. The molecular weight excluding hydrogens is 314 g/mol. The molecule has 0 fully saturated rings. The van der Waals surface area contributed by atoms with Crippen LogP contribution in [0.3, 0.4) is 0 Å². The van der Waals surface area contributed by atoms with Gasteiger partial charge in [0.25, 0.3) is 0 Å². The van der Waals surface area contributed by atoms with E-state index in [0.29, 0.717) is 23.3 Å². The van der Waals surface area contributed by atoms with Crippen LogP contribution in [0.5, 0.6) is 5.75 Å². The van der Waals surface area contributed by atoms with Crippen molar-refractivity contribution < 1.29 is 9.15 Å². The number of ether oxygens (including phenoxy) is 1. The minimum atomic E-state index is -0.0311. The molecule has 0 unspecified atom stereocenters. The molecule has 3 rings (SSSR count). The number of nitrogens with zero attached hydrogens (tertiary/aromatic N) is 1. The average molecular weight is 337 g/mol. The molecule has 3 aromatic rings. The molecule has 0 N–H and O–H groups in total. The fourth-order valence-electron chi connectivity index (χ4n) is 2.79. The molecule has 1 heterocycles. The molecule has 0 radical (unpaired) electrons. The normalized spacial score (nSPS) is 11.2. The van der Waals surface area contributed by atoms with E-state index >= 15 is 0 Å². The Morgan fingerprint density at radius 3 is 2.44 bits per heavy atom. The number of hydrogen-bond donors (Lipinski definition) is 0. The molecule has 4 nitrogen and oxygen atoms in total. The number of likely N-dealkylation sites (N-methyl/N-ethyl adjacent to an activating group) is 1. The predicted octanol–water partition coefficient (Wildman–Crippen LogP) is 4.18. The Hall–Kier alpha value is -2.59. The first-order valence-electron chi connectivity index (χ1n) is 8.69. The van der Waals surface area contributed by atoms with Crippen LogP contribution in [0.25, 0.3) is 22.3 Å². The van der Waals surface area contributed by atoms with E-state index in [9.17, 15) is 4.79 Å². The molecule has 4 heteroatoms. The molecule has 0 saturated carbocycles. The van der Waals surface area contributed by atoms with Crippen molar-refractivity contribution in [3.8, 4) is 17.1 Å². The van der Waals surface area contributed by atoms with Crippen LogP contribution in [-0.2, 0) is 0 Å². The van der Waals surface area contributed by atoms with Crippen LogP contribution >= 0.6 is 0 Å². The maximum Gasteiger partial charge on any atom is 0.193 e. The van der Waals surface area contributed by atoms with Crippen molar-refractivity contribution in [2.24, 2.45) is 0 Å². The van der Waals surface area contributed by atoms with Crippen LogP contribution in [0, 0.1) is 0 Å². The van der Waals surface area contributed by atoms with E-state index in [4.69, 9.17) is 9.15 Å². The largest absolute Gasteiger partial charge is 0.492 e. The van der Waals surface area contributed by atoms with Crippen LogP contribution in [-0.4, -0.2) is 31.1 Å². The zero-order valence-electron chi connectivity index (χ0n) is 14.7. The highest BCUT2D eigenvalue weighted by molar-refractivity contribution is 5.78. The Morgan fingerprint density at radius 2 is 1.72 bits per heavy atom. The molecule has 0 aliphatic carbocycles. The molecule has 0 aliphatic heterocycles. The summed E-state index contributed by atoms with van der Waals surface area (Å²) in [6, 6.07) is 16.5. The maximum atomic E-state index is 12.2. The smallest absolute Gasteiger partial charge is 0.193 e. The molecule has 0 atom stereocenters. The molecule has 0 saturated heterocycles. The first-order valence-corrected chi connectivity index (χ1v) is 8.69. The quantitative estimate of drug-likeness (QED) is 0.649. The molecule has 25 heavy (non-hydrogen) atoms. The lowest BCUT2D eigenvalue weighted by Crippen LogP contribution is -2.27.